The fourth-order valence-electron chi connectivity index (χ4n) is 3.60. The first-order valence-corrected chi connectivity index (χ1v) is 10.8. The monoisotopic (exact) mass is 400 g/mol. The lowest BCUT2D eigenvalue weighted by atomic mass is 10.0. The van der Waals surface area contributed by atoms with Crippen molar-refractivity contribution in [2.45, 2.75) is 19.0 Å². The molecule has 3 aromatic rings. The van der Waals surface area contributed by atoms with E-state index in [-0.39, 0.29) is 6.04 Å². The predicted molar refractivity (Wildman–Crippen MR) is 109 cm³/mol. The molecule has 140 valence electrons. The van der Waals surface area contributed by atoms with Gasteiger partial charge < -0.3 is 4.90 Å². The molecular formula is C20H23ClN5S+. The minimum Gasteiger partial charge on any atom is -0.321 e. The van der Waals surface area contributed by atoms with Gasteiger partial charge in [0.1, 0.15) is 0 Å². The Balaban J connectivity index is 1.62. The van der Waals surface area contributed by atoms with E-state index in [0.717, 1.165) is 36.9 Å². The van der Waals surface area contributed by atoms with E-state index < -0.39 is 0 Å². The maximum absolute atomic E-state index is 6.12. The minimum atomic E-state index is 0.133. The second-order valence-corrected chi connectivity index (χ2v) is 8.41. The fourth-order valence-corrected chi connectivity index (χ4v) is 4.75. The topological polar surface area (TPSA) is 48.0 Å². The molecule has 0 radical (unpaired) electrons. The van der Waals surface area contributed by atoms with Gasteiger partial charge in [-0.15, -0.1) is 5.10 Å². The van der Waals surface area contributed by atoms with Crippen LogP contribution in [-0.4, -0.2) is 44.8 Å². The van der Waals surface area contributed by atoms with E-state index in [9.17, 15) is 0 Å². The molecule has 2 heterocycles. The average molecular weight is 401 g/mol. The van der Waals surface area contributed by atoms with E-state index in [4.69, 9.17) is 11.6 Å². The molecule has 1 atom stereocenters. The Morgan fingerprint density at radius 2 is 1.78 bits per heavy atom. The van der Waals surface area contributed by atoms with Crippen LogP contribution in [0.2, 0.25) is 5.02 Å². The van der Waals surface area contributed by atoms with Gasteiger partial charge in [-0.25, -0.2) is 4.68 Å². The van der Waals surface area contributed by atoms with E-state index in [1.54, 1.807) is 0 Å². The first kappa shape index (κ1) is 18.5. The molecule has 1 aliphatic heterocycles. The molecule has 1 aliphatic rings. The zero-order valence-corrected chi connectivity index (χ0v) is 16.7. The van der Waals surface area contributed by atoms with Gasteiger partial charge in [0.15, 0.2) is 6.04 Å². The van der Waals surface area contributed by atoms with Crippen LogP contribution in [0.1, 0.15) is 23.0 Å². The zero-order valence-electron chi connectivity index (χ0n) is 15.1. The maximum atomic E-state index is 6.12. The molecule has 0 unspecified atom stereocenters. The molecule has 1 N–H and O–H groups in total. The van der Waals surface area contributed by atoms with Crippen LogP contribution in [0.15, 0.2) is 54.6 Å². The minimum absolute atomic E-state index is 0.133. The van der Waals surface area contributed by atoms with Crippen LogP contribution in [0.4, 0.5) is 0 Å². The van der Waals surface area contributed by atoms with Gasteiger partial charge in [0.25, 0.3) is 0 Å². The van der Waals surface area contributed by atoms with Crippen LogP contribution < -0.4 is 4.90 Å². The Hall–Kier alpha value is -1.89. The highest BCUT2D eigenvalue weighted by Crippen LogP contribution is 2.20. The molecule has 1 aromatic heterocycles. The number of thioether (sulfide) groups is 1. The van der Waals surface area contributed by atoms with Crippen molar-refractivity contribution >= 4 is 23.4 Å². The Labute approximate surface area is 168 Å². The van der Waals surface area contributed by atoms with Crippen LogP contribution >= 0.6 is 23.4 Å². The number of rotatable bonds is 6. The van der Waals surface area contributed by atoms with Crippen molar-refractivity contribution in [3.8, 4) is 0 Å². The Bertz CT molecular complexity index is 846. The van der Waals surface area contributed by atoms with Crippen molar-refractivity contribution < 1.29 is 4.90 Å². The maximum Gasteiger partial charge on any atom is 0.214 e. The smallest absolute Gasteiger partial charge is 0.214 e. The van der Waals surface area contributed by atoms with E-state index >= 15 is 0 Å². The molecule has 0 aliphatic carbocycles. The van der Waals surface area contributed by atoms with Gasteiger partial charge in [-0.1, -0.05) is 54.1 Å². The number of tetrazole rings is 1. The Morgan fingerprint density at radius 1 is 1.04 bits per heavy atom. The zero-order chi connectivity index (χ0) is 18.5. The van der Waals surface area contributed by atoms with E-state index in [0.29, 0.717) is 0 Å². The Kier molecular flexibility index (Phi) is 6.07. The lowest BCUT2D eigenvalue weighted by Gasteiger charge is -2.30. The highest BCUT2D eigenvalue weighted by atomic mass is 35.5. The molecule has 4 rings (SSSR count). The molecule has 1 fully saturated rings. The van der Waals surface area contributed by atoms with Crippen molar-refractivity contribution in [1.82, 2.24) is 20.2 Å². The van der Waals surface area contributed by atoms with Crippen molar-refractivity contribution in [3.05, 3.63) is 76.6 Å². The van der Waals surface area contributed by atoms with Gasteiger partial charge in [0.2, 0.25) is 5.82 Å². The van der Waals surface area contributed by atoms with Gasteiger partial charge in [-0.3, -0.25) is 0 Å². The van der Waals surface area contributed by atoms with Gasteiger partial charge in [0, 0.05) is 28.6 Å². The third-order valence-corrected chi connectivity index (χ3v) is 6.26. The summed E-state index contributed by atoms with van der Waals surface area (Å²) in [5, 5.41) is 13.5. The van der Waals surface area contributed by atoms with E-state index in [2.05, 4.69) is 51.9 Å². The summed E-state index contributed by atoms with van der Waals surface area (Å²) >= 11 is 8.14. The van der Waals surface area contributed by atoms with Crippen LogP contribution in [-0.2, 0) is 13.0 Å². The third-order valence-electron chi connectivity index (χ3n) is 5.02. The van der Waals surface area contributed by atoms with E-state index in [1.807, 2.05) is 34.6 Å². The summed E-state index contributed by atoms with van der Waals surface area (Å²) < 4.78 is 1.97. The summed E-state index contributed by atoms with van der Waals surface area (Å²) in [6.45, 7) is 3.01. The molecule has 0 saturated carbocycles. The molecular weight excluding hydrogens is 378 g/mol. The summed E-state index contributed by atoms with van der Waals surface area (Å²) in [6, 6.07) is 18.7. The van der Waals surface area contributed by atoms with E-state index in [1.165, 1.54) is 27.5 Å². The number of nitrogens with one attached hydrogen (secondary N) is 1. The van der Waals surface area contributed by atoms with Crippen LogP contribution in [0.3, 0.4) is 0 Å². The molecule has 7 heteroatoms. The van der Waals surface area contributed by atoms with Crippen molar-refractivity contribution in [3.63, 3.8) is 0 Å². The van der Waals surface area contributed by atoms with Crippen LogP contribution in [0.25, 0.3) is 0 Å². The summed E-state index contributed by atoms with van der Waals surface area (Å²) in [4.78, 5) is 1.52. The van der Waals surface area contributed by atoms with Gasteiger partial charge >= 0.3 is 0 Å². The highest BCUT2D eigenvalue weighted by Gasteiger charge is 2.32. The normalized spacial score (nSPS) is 16.3. The second-order valence-electron chi connectivity index (χ2n) is 6.75. The molecule has 0 bridgehead atoms. The quantitative estimate of drug-likeness (QED) is 0.689. The van der Waals surface area contributed by atoms with Crippen LogP contribution in [0.5, 0.6) is 0 Å². The predicted octanol–water partition coefficient (Wildman–Crippen LogP) is 2.29. The Morgan fingerprint density at radius 3 is 2.52 bits per heavy atom. The molecule has 27 heavy (non-hydrogen) atoms. The number of aromatic nitrogens is 4. The highest BCUT2D eigenvalue weighted by molar-refractivity contribution is 7.99. The number of halogens is 1. The lowest BCUT2D eigenvalue weighted by molar-refractivity contribution is -0.922. The largest absolute Gasteiger partial charge is 0.321 e. The van der Waals surface area contributed by atoms with Crippen LogP contribution in [0, 0.1) is 0 Å². The van der Waals surface area contributed by atoms with Gasteiger partial charge in [-0.2, -0.15) is 11.8 Å². The average Bonchev–Trinajstić information content (AvgIpc) is 3.18. The van der Waals surface area contributed by atoms with Crippen molar-refractivity contribution in [2.75, 3.05) is 24.6 Å². The summed E-state index contributed by atoms with van der Waals surface area (Å²) in [5.74, 6) is 3.28. The van der Waals surface area contributed by atoms with Crippen molar-refractivity contribution in [1.29, 1.82) is 0 Å². The molecule has 5 nitrogen and oxygen atoms in total. The van der Waals surface area contributed by atoms with Gasteiger partial charge in [0.05, 0.1) is 13.1 Å². The summed E-state index contributed by atoms with van der Waals surface area (Å²) in [5.41, 5.74) is 2.51. The molecule has 0 amide bonds. The SMILES string of the molecule is Clc1ccc([C@H](c2nnnn2CCc2ccccc2)[NH+]2CCSCC2)cc1. The standard InChI is InChI=1S/C20H22ClN5S/c21-18-8-6-17(7-9-18)19(25-12-14-27-15-13-25)20-22-23-24-26(20)11-10-16-4-2-1-3-5-16/h1-9,19H,10-15H2/p+1/t19-/m1/s1. The number of aryl methyl sites for hydroxylation is 2. The first-order valence-electron chi connectivity index (χ1n) is 9.29. The second kappa shape index (κ2) is 8.87. The summed E-state index contributed by atoms with van der Waals surface area (Å²) in [7, 11) is 0. The van der Waals surface area contributed by atoms with Crippen molar-refractivity contribution in [2.24, 2.45) is 0 Å². The number of benzene rings is 2. The summed E-state index contributed by atoms with van der Waals surface area (Å²) in [6.07, 6.45) is 0.914. The number of hydrogen-bond acceptors (Lipinski definition) is 4. The number of quaternary nitrogens is 1. The molecule has 1 saturated heterocycles. The molecule has 2 aromatic carbocycles. The number of hydrogen-bond donors (Lipinski definition) is 1. The third kappa shape index (κ3) is 4.51. The lowest BCUT2D eigenvalue weighted by Crippen LogP contribution is -3.14. The first-order chi connectivity index (χ1) is 13.3. The number of nitrogens with zero attached hydrogens (tertiary/aromatic N) is 4. The molecule has 0 spiro atoms. The fraction of sp³-hybridized carbons (Fsp3) is 0.350. The van der Waals surface area contributed by atoms with Gasteiger partial charge in [-0.05, 0) is 34.5 Å².